The molecule has 1 heterocycles. The van der Waals surface area contributed by atoms with Gasteiger partial charge in [0.2, 0.25) is 11.8 Å². The van der Waals surface area contributed by atoms with Crippen LogP contribution in [-0.4, -0.2) is 33.7 Å². The minimum absolute atomic E-state index is 0.309. The molecule has 1 fully saturated rings. The number of carbonyl (C=O) groups is 1. The average Bonchev–Trinajstić information content (AvgIpc) is 2.65. The second-order valence-corrected chi connectivity index (χ2v) is 4.85. The van der Waals surface area contributed by atoms with Crippen LogP contribution in [0.3, 0.4) is 0 Å². The monoisotopic (exact) mass is 265 g/mol. The van der Waals surface area contributed by atoms with Gasteiger partial charge in [0.15, 0.2) is 0 Å². The Morgan fingerprint density at radius 1 is 1.37 bits per heavy atom. The van der Waals surface area contributed by atoms with Crippen molar-refractivity contribution >= 4 is 11.9 Å². The lowest BCUT2D eigenvalue weighted by molar-refractivity contribution is -0.142. The number of anilines is 1. The van der Waals surface area contributed by atoms with E-state index in [-0.39, 0.29) is 0 Å². The summed E-state index contributed by atoms with van der Waals surface area (Å²) in [5, 5.41) is 12.6. The molecule has 0 amide bonds. The number of methoxy groups -OCH3 is 1. The van der Waals surface area contributed by atoms with E-state index in [1.165, 1.54) is 7.11 Å². The van der Waals surface area contributed by atoms with Crippen LogP contribution in [0.15, 0.2) is 12.3 Å². The van der Waals surface area contributed by atoms with E-state index in [2.05, 4.69) is 15.3 Å². The highest BCUT2D eigenvalue weighted by molar-refractivity contribution is 5.82. The molecule has 1 aliphatic carbocycles. The quantitative estimate of drug-likeness (QED) is 0.811. The van der Waals surface area contributed by atoms with Crippen molar-refractivity contribution in [3.8, 4) is 5.88 Å². The maximum absolute atomic E-state index is 11.6. The zero-order valence-corrected chi connectivity index (χ0v) is 11.1. The lowest BCUT2D eigenvalue weighted by atomic mass is 9.90. The molecule has 0 spiro atoms. The van der Waals surface area contributed by atoms with Crippen LogP contribution in [0.25, 0.3) is 0 Å². The third-order valence-corrected chi connectivity index (χ3v) is 3.56. The van der Waals surface area contributed by atoms with Gasteiger partial charge in [-0.3, -0.25) is 0 Å². The van der Waals surface area contributed by atoms with Crippen molar-refractivity contribution in [3.05, 3.63) is 12.3 Å². The predicted octanol–water partition coefficient (Wildman–Crippen LogP) is 2.07. The molecule has 0 saturated heterocycles. The normalized spacial score (nSPS) is 18.4. The highest BCUT2D eigenvalue weighted by Crippen LogP contribution is 2.30. The molecular formula is C13H19N3O3. The van der Waals surface area contributed by atoms with Gasteiger partial charge in [0.25, 0.3) is 0 Å². The molecule has 0 bridgehead atoms. The van der Waals surface area contributed by atoms with Gasteiger partial charge in [-0.2, -0.15) is 4.98 Å². The fourth-order valence-electron chi connectivity index (χ4n) is 2.45. The van der Waals surface area contributed by atoms with Crippen LogP contribution >= 0.6 is 0 Å². The second-order valence-electron chi connectivity index (χ2n) is 4.85. The summed E-state index contributed by atoms with van der Waals surface area (Å²) in [6, 6.07) is 1.63. The number of carboxylic acid groups (broad SMARTS) is 1. The number of carboxylic acids is 1. The summed E-state index contributed by atoms with van der Waals surface area (Å²) in [6.45, 7) is 0. The van der Waals surface area contributed by atoms with Crippen LogP contribution < -0.4 is 10.1 Å². The fourth-order valence-corrected chi connectivity index (χ4v) is 2.45. The number of nitrogens with one attached hydrogen (secondary N) is 1. The van der Waals surface area contributed by atoms with E-state index in [0.29, 0.717) is 24.7 Å². The number of aromatic nitrogens is 2. The molecule has 0 unspecified atom stereocenters. The average molecular weight is 265 g/mol. The van der Waals surface area contributed by atoms with Crippen LogP contribution in [0.4, 0.5) is 5.95 Å². The summed E-state index contributed by atoms with van der Waals surface area (Å²) in [5.41, 5.74) is -0.955. The highest BCUT2D eigenvalue weighted by Gasteiger charge is 2.39. The molecule has 1 aromatic heterocycles. The topological polar surface area (TPSA) is 84.3 Å². The summed E-state index contributed by atoms with van der Waals surface area (Å²) in [6.07, 6.45) is 6.73. The van der Waals surface area contributed by atoms with Crippen molar-refractivity contribution in [2.24, 2.45) is 0 Å². The Kier molecular flexibility index (Phi) is 4.19. The van der Waals surface area contributed by atoms with Gasteiger partial charge in [-0.1, -0.05) is 25.7 Å². The summed E-state index contributed by atoms with van der Waals surface area (Å²) in [5.74, 6) is -0.101. The molecule has 1 aromatic rings. The molecule has 0 radical (unpaired) electrons. The third kappa shape index (κ3) is 3.13. The molecule has 6 heteroatoms. The van der Waals surface area contributed by atoms with E-state index >= 15 is 0 Å². The van der Waals surface area contributed by atoms with Gasteiger partial charge in [0.05, 0.1) is 7.11 Å². The zero-order chi connectivity index (χ0) is 13.7. The molecule has 1 aliphatic rings. The van der Waals surface area contributed by atoms with Crippen LogP contribution in [0.2, 0.25) is 0 Å². The van der Waals surface area contributed by atoms with Gasteiger partial charge in [-0.15, -0.1) is 0 Å². The van der Waals surface area contributed by atoms with Gasteiger partial charge in [-0.25, -0.2) is 9.78 Å². The molecule has 2 rings (SSSR count). The Bertz CT molecular complexity index is 443. The van der Waals surface area contributed by atoms with Crippen LogP contribution in [-0.2, 0) is 4.79 Å². The first kappa shape index (κ1) is 13.6. The first-order chi connectivity index (χ1) is 9.16. The fraction of sp³-hybridized carbons (Fsp3) is 0.615. The van der Waals surface area contributed by atoms with Crippen LogP contribution in [0.5, 0.6) is 5.88 Å². The van der Waals surface area contributed by atoms with E-state index in [0.717, 1.165) is 25.7 Å². The minimum atomic E-state index is -0.955. The van der Waals surface area contributed by atoms with Gasteiger partial charge < -0.3 is 15.2 Å². The standard InChI is InChI=1S/C13H19N3O3/c1-19-10-6-9-14-12(15-10)16-13(11(17)18)7-4-2-3-5-8-13/h6,9H,2-5,7-8H2,1H3,(H,17,18)(H,14,15,16). The second kappa shape index (κ2) is 5.86. The number of ether oxygens (including phenoxy) is 1. The van der Waals surface area contributed by atoms with E-state index in [9.17, 15) is 9.90 Å². The Hall–Kier alpha value is -1.85. The number of nitrogens with zero attached hydrogens (tertiary/aromatic N) is 2. The maximum atomic E-state index is 11.6. The summed E-state index contributed by atoms with van der Waals surface area (Å²) >= 11 is 0. The van der Waals surface area contributed by atoms with E-state index in [1.54, 1.807) is 12.3 Å². The Balaban J connectivity index is 2.21. The first-order valence-electron chi connectivity index (χ1n) is 6.55. The number of rotatable bonds is 4. The summed E-state index contributed by atoms with van der Waals surface area (Å²) in [4.78, 5) is 19.8. The van der Waals surface area contributed by atoms with Crippen molar-refractivity contribution in [1.29, 1.82) is 0 Å². The van der Waals surface area contributed by atoms with E-state index in [4.69, 9.17) is 4.74 Å². The smallest absolute Gasteiger partial charge is 0.329 e. The predicted molar refractivity (Wildman–Crippen MR) is 70.3 cm³/mol. The molecule has 6 nitrogen and oxygen atoms in total. The van der Waals surface area contributed by atoms with Crippen molar-refractivity contribution in [1.82, 2.24) is 9.97 Å². The van der Waals surface area contributed by atoms with Crippen molar-refractivity contribution in [2.45, 2.75) is 44.1 Å². The van der Waals surface area contributed by atoms with Gasteiger partial charge in [0, 0.05) is 12.3 Å². The molecule has 1 saturated carbocycles. The lowest BCUT2D eigenvalue weighted by Crippen LogP contribution is -2.46. The van der Waals surface area contributed by atoms with Crippen LogP contribution in [0.1, 0.15) is 38.5 Å². The zero-order valence-electron chi connectivity index (χ0n) is 11.1. The van der Waals surface area contributed by atoms with Crippen LogP contribution in [0, 0.1) is 0 Å². The van der Waals surface area contributed by atoms with Crippen molar-refractivity contribution in [2.75, 3.05) is 12.4 Å². The molecule has 19 heavy (non-hydrogen) atoms. The van der Waals surface area contributed by atoms with Gasteiger partial charge in [-0.05, 0) is 12.8 Å². The van der Waals surface area contributed by atoms with Crippen molar-refractivity contribution < 1.29 is 14.6 Å². The molecule has 104 valence electrons. The Morgan fingerprint density at radius 3 is 2.63 bits per heavy atom. The Morgan fingerprint density at radius 2 is 2.05 bits per heavy atom. The largest absolute Gasteiger partial charge is 0.481 e. The minimum Gasteiger partial charge on any atom is -0.481 e. The number of aliphatic carboxylic acids is 1. The Labute approximate surface area is 112 Å². The van der Waals surface area contributed by atoms with Gasteiger partial charge in [0.1, 0.15) is 5.54 Å². The van der Waals surface area contributed by atoms with Gasteiger partial charge >= 0.3 is 5.97 Å². The molecule has 0 aromatic carbocycles. The molecule has 0 aliphatic heterocycles. The summed E-state index contributed by atoms with van der Waals surface area (Å²) < 4.78 is 5.02. The van der Waals surface area contributed by atoms with E-state index in [1.807, 2.05) is 0 Å². The molecule has 0 atom stereocenters. The third-order valence-electron chi connectivity index (χ3n) is 3.56. The number of hydrogen-bond donors (Lipinski definition) is 2. The number of hydrogen-bond acceptors (Lipinski definition) is 5. The molecule has 2 N–H and O–H groups in total. The first-order valence-corrected chi connectivity index (χ1v) is 6.55. The lowest BCUT2D eigenvalue weighted by Gasteiger charge is -2.29. The highest BCUT2D eigenvalue weighted by atomic mass is 16.5. The van der Waals surface area contributed by atoms with E-state index < -0.39 is 11.5 Å². The molecular weight excluding hydrogens is 246 g/mol. The maximum Gasteiger partial charge on any atom is 0.329 e. The SMILES string of the molecule is COc1ccnc(NC2(C(=O)O)CCCCCC2)n1. The van der Waals surface area contributed by atoms with Crippen molar-refractivity contribution in [3.63, 3.8) is 0 Å². The summed E-state index contributed by atoms with van der Waals surface area (Å²) in [7, 11) is 1.52.